The molecule has 0 bridgehead atoms. The van der Waals surface area contributed by atoms with Crippen LogP contribution in [-0.4, -0.2) is 42.7 Å². The maximum atomic E-state index is 13.5. The van der Waals surface area contributed by atoms with Crippen LogP contribution in [0.5, 0.6) is 0 Å². The zero-order valence-electron chi connectivity index (χ0n) is 12.2. The second kappa shape index (κ2) is 5.45. The smallest absolute Gasteiger partial charge is 0.339 e. The molecule has 0 spiro atoms. The molecule has 2 saturated heterocycles. The molecular formula is C15H23F3N2O. The van der Waals surface area contributed by atoms with E-state index in [0.29, 0.717) is 12.5 Å². The van der Waals surface area contributed by atoms with E-state index >= 15 is 0 Å². The van der Waals surface area contributed by atoms with E-state index in [2.05, 4.69) is 5.32 Å². The summed E-state index contributed by atoms with van der Waals surface area (Å²) in [5.74, 6) is -0.259. The highest BCUT2D eigenvalue weighted by Crippen LogP contribution is 2.46. The molecule has 2 aliphatic heterocycles. The van der Waals surface area contributed by atoms with Gasteiger partial charge in [-0.05, 0) is 44.6 Å². The Balaban J connectivity index is 1.82. The van der Waals surface area contributed by atoms with Gasteiger partial charge in [0.05, 0.1) is 0 Å². The highest BCUT2D eigenvalue weighted by Gasteiger charge is 2.63. The van der Waals surface area contributed by atoms with Crippen LogP contribution in [0.1, 0.15) is 44.9 Å². The number of rotatable bonds is 2. The van der Waals surface area contributed by atoms with Crippen molar-refractivity contribution in [3.05, 3.63) is 0 Å². The third-order valence-electron chi connectivity index (χ3n) is 5.61. The summed E-state index contributed by atoms with van der Waals surface area (Å²) in [6.45, 7) is 0.508. The van der Waals surface area contributed by atoms with Crippen molar-refractivity contribution in [2.24, 2.45) is 11.3 Å². The van der Waals surface area contributed by atoms with Gasteiger partial charge in [-0.25, -0.2) is 0 Å². The van der Waals surface area contributed by atoms with E-state index in [1.54, 1.807) is 4.90 Å². The van der Waals surface area contributed by atoms with Crippen molar-refractivity contribution in [3.8, 4) is 0 Å². The van der Waals surface area contributed by atoms with E-state index in [-0.39, 0.29) is 25.6 Å². The molecular weight excluding hydrogens is 281 g/mol. The lowest BCUT2D eigenvalue weighted by molar-refractivity contribution is -0.222. The molecule has 1 amide bonds. The molecule has 1 saturated carbocycles. The standard InChI is InChI=1S/C15H23F3N2O/c16-15(17,18)14(7-8-19-10-14)13(21)20-9-3-6-12(20)11-4-1-2-5-11/h11-12,19H,1-10H2. The Hall–Kier alpha value is -0.780. The average Bonchev–Trinajstić information content (AvgIpc) is 3.17. The number of halogens is 3. The molecule has 0 aromatic carbocycles. The van der Waals surface area contributed by atoms with Crippen LogP contribution in [0.2, 0.25) is 0 Å². The lowest BCUT2D eigenvalue weighted by Gasteiger charge is -2.38. The topological polar surface area (TPSA) is 32.3 Å². The van der Waals surface area contributed by atoms with Crippen LogP contribution in [-0.2, 0) is 4.79 Å². The third kappa shape index (κ3) is 2.45. The number of nitrogens with one attached hydrogen (secondary N) is 1. The van der Waals surface area contributed by atoms with E-state index < -0.39 is 17.5 Å². The molecule has 3 aliphatic rings. The Morgan fingerprint density at radius 2 is 1.86 bits per heavy atom. The third-order valence-corrected chi connectivity index (χ3v) is 5.61. The Morgan fingerprint density at radius 3 is 2.43 bits per heavy atom. The molecule has 3 nitrogen and oxygen atoms in total. The molecule has 2 unspecified atom stereocenters. The summed E-state index contributed by atoms with van der Waals surface area (Å²) in [6, 6.07) is 0.0415. The van der Waals surface area contributed by atoms with Crippen molar-refractivity contribution in [3.63, 3.8) is 0 Å². The van der Waals surface area contributed by atoms with Crippen LogP contribution >= 0.6 is 0 Å². The zero-order chi connectivity index (χ0) is 15.1. The number of carbonyl (C=O) groups is 1. The Labute approximate surface area is 123 Å². The van der Waals surface area contributed by atoms with Gasteiger partial charge in [-0.15, -0.1) is 0 Å². The summed E-state index contributed by atoms with van der Waals surface area (Å²) in [4.78, 5) is 14.3. The Bertz CT molecular complexity index is 398. The molecule has 1 N–H and O–H groups in total. The number of alkyl halides is 3. The van der Waals surface area contributed by atoms with Crippen LogP contribution < -0.4 is 5.32 Å². The number of nitrogens with zero attached hydrogens (tertiary/aromatic N) is 1. The number of carbonyl (C=O) groups excluding carboxylic acids is 1. The molecule has 120 valence electrons. The Kier molecular flexibility index (Phi) is 3.93. The predicted octanol–water partition coefficient (Wildman–Crippen LogP) is 2.71. The number of amides is 1. The highest BCUT2D eigenvalue weighted by molar-refractivity contribution is 5.85. The van der Waals surface area contributed by atoms with Crippen molar-refractivity contribution in [2.75, 3.05) is 19.6 Å². The molecule has 0 radical (unpaired) electrons. The fourth-order valence-electron chi connectivity index (χ4n) is 4.39. The van der Waals surface area contributed by atoms with Crippen LogP contribution in [0.3, 0.4) is 0 Å². The van der Waals surface area contributed by atoms with Crippen molar-refractivity contribution in [1.82, 2.24) is 10.2 Å². The lowest BCUT2D eigenvalue weighted by Crippen LogP contribution is -2.55. The maximum Gasteiger partial charge on any atom is 0.404 e. The molecule has 3 fully saturated rings. The van der Waals surface area contributed by atoms with E-state index in [9.17, 15) is 18.0 Å². The van der Waals surface area contributed by atoms with Gasteiger partial charge in [0, 0.05) is 19.1 Å². The summed E-state index contributed by atoms with van der Waals surface area (Å²) < 4.78 is 40.6. The monoisotopic (exact) mass is 304 g/mol. The van der Waals surface area contributed by atoms with E-state index in [0.717, 1.165) is 38.5 Å². The predicted molar refractivity (Wildman–Crippen MR) is 72.7 cm³/mol. The van der Waals surface area contributed by atoms with Crippen molar-refractivity contribution >= 4 is 5.91 Å². The molecule has 0 aromatic rings. The normalized spacial score (nSPS) is 34.8. The van der Waals surface area contributed by atoms with Gasteiger partial charge in [0.25, 0.3) is 0 Å². The van der Waals surface area contributed by atoms with Crippen molar-refractivity contribution in [1.29, 1.82) is 0 Å². The van der Waals surface area contributed by atoms with Gasteiger partial charge in [-0.2, -0.15) is 13.2 Å². The minimum atomic E-state index is -4.46. The van der Waals surface area contributed by atoms with E-state index in [1.165, 1.54) is 0 Å². The summed E-state index contributed by atoms with van der Waals surface area (Å²) >= 11 is 0. The summed E-state index contributed by atoms with van der Waals surface area (Å²) in [7, 11) is 0. The molecule has 6 heteroatoms. The van der Waals surface area contributed by atoms with E-state index in [1.807, 2.05) is 0 Å². The van der Waals surface area contributed by atoms with Gasteiger partial charge >= 0.3 is 6.18 Å². The SMILES string of the molecule is O=C(N1CCCC1C1CCCC1)C1(C(F)(F)F)CCNC1. The van der Waals surface area contributed by atoms with Crippen LogP contribution in [0.4, 0.5) is 13.2 Å². The van der Waals surface area contributed by atoms with Gasteiger partial charge in [-0.1, -0.05) is 12.8 Å². The summed E-state index contributed by atoms with van der Waals surface area (Å²) in [5, 5.41) is 2.74. The van der Waals surface area contributed by atoms with Gasteiger partial charge < -0.3 is 10.2 Å². The Morgan fingerprint density at radius 1 is 1.14 bits per heavy atom. The minimum absolute atomic E-state index is 0.0415. The van der Waals surface area contributed by atoms with Gasteiger partial charge in [0.15, 0.2) is 5.41 Å². The summed E-state index contributed by atoms with van der Waals surface area (Å²) in [6.07, 6.45) is 1.55. The molecule has 1 aliphatic carbocycles. The largest absolute Gasteiger partial charge is 0.404 e. The average molecular weight is 304 g/mol. The lowest BCUT2D eigenvalue weighted by atomic mass is 9.83. The first-order valence-electron chi connectivity index (χ1n) is 8.04. The summed E-state index contributed by atoms with van der Waals surface area (Å²) in [5.41, 5.74) is -2.19. The number of hydrogen-bond acceptors (Lipinski definition) is 2. The van der Waals surface area contributed by atoms with Gasteiger partial charge in [-0.3, -0.25) is 4.79 Å². The van der Waals surface area contributed by atoms with Crippen molar-refractivity contribution < 1.29 is 18.0 Å². The number of likely N-dealkylation sites (tertiary alicyclic amines) is 1. The first-order valence-corrected chi connectivity index (χ1v) is 8.04. The highest BCUT2D eigenvalue weighted by atomic mass is 19.4. The fraction of sp³-hybridized carbons (Fsp3) is 0.933. The second-order valence-corrected chi connectivity index (χ2v) is 6.76. The first kappa shape index (κ1) is 15.1. The maximum absolute atomic E-state index is 13.5. The second-order valence-electron chi connectivity index (χ2n) is 6.76. The molecule has 0 aromatic heterocycles. The fourth-order valence-corrected chi connectivity index (χ4v) is 4.39. The van der Waals surface area contributed by atoms with Crippen LogP contribution in [0, 0.1) is 11.3 Å². The number of hydrogen-bond donors (Lipinski definition) is 1. The van der Waals surface area contributed by atoms with Crippen LogP contribution in [0.25, 0.3) is 0 Å². The van der Waals surface area contributed by atoms with Gasteiger partial charge in [0.1, 0.15) is 0 Å². The zero-order valence-corrected chi connectivity index (χ0v) is 12.2. The molecule has 2 heterocycles. The molecule has 21 heavy (non-hydrogen) atoms. The minimum Gasteiger partial charge on any atom is -0.339 e. The van der Waals surface area contributed by atoms with Crippen molar-refractivity contribution in [2.45, 2.75) is 57.2 Å². The van der Waals surface area contributed by atoms with E-state index in [4.69, 9.17) is 0 Å². The molecule has 3 rings (SSSR count). The first-order chi connectivity index (χ1) is 9.96. The molecule has 2 atom stereocenters. The van der Waals surface area contributed by atoms with Gasteiger partial charge in [0.2, 0.25) is 5.91 Å². The van der Waals surface area contributed by atoms with Crippen LogP contribution in [0.15, 0.2) is 0 Å². The quantitative estimate of drug-likeness (QED) is 0.851.